The van der Waals surface area contributed by atoms with Crippen LogP contribution in [-0.4, -0.2) is 35.6 Å². The minimum atomic E-state index is -0.855. The van der Waals surface area contributed by atoms with Crippen molar-refractivity contribution in [2.24, 2.45) is 5.92 Å². The average Bonchev–Trinajstić information content (AvgIpc) is 3.13. The van der Waals surface area contributed by atoms with Crippen LogP contribution in [0.1, 0.15) is 45.9 Å². The molecule has 0 radical (unpaired) electrons. The number of esters is 1. The number of nitrogens with one attached hydrogen (secondary N) is 2. The molecule has 2 amide bonds. The highest BCUT2D eigenvalue weighted by Gasteiger charge is 2.26. The van der Waals surface area contributed by atoms with Crippen molar-refractivity contribution in [2.75, 3.05) is 11.9 Å². The monoisotopic (exact) mass is 415 g/mol. The van der Waals surface area contributed by atoms with E-state index in [-0.39, 0.29) is 29.5 Å². The van der Waals surface area contributed by atoms with E-state index in [0.717, 1.165) is 5.56 Å². The molecular weight excluding hydrogens is 386 g/mol. The number of benzene rings is 1. The molecule has 0 spiro atoms. The minimum Gasteiger partial charge on any atom is -0.454 e. The molecule has 2 N–H and O–H groups in total. The number of rotatable bonds is 8. The van der Waals surface area contributed by atoms with Gasteiger partial charge in [-0.1, -0.05) is 70.1 Å². The van der Waals surface area contributed by atoms with E-state index >= 15 is 0 Å². The Morgan fingerprint density at radius 3 is 2.33 bits per heavy atom. The zero-order valence-corrected chi connectivity index (χ0v) is 18.0. The van der Waals surface area contributed by atoms with Crippen LogP contribution in [0.3, 0.4) is 0 Å². The van der Waals surface area contributed by atoms with Gasteiger partial charge in [-0.15, -0.1) is 0 Å². The molecule has 0 aliphatic heterocycles. The Morgan fingerprint density at radius 1 is 1.10 bits per heavy atom. The summed E-state index contributed by atoms with van der Waals surface area (Å²) in [6, 6.07) is 9.99. The molecule has 0 aliphatic rings. The van der Waals surface area contributed by atoms with Crippen molar-refractivity contribution >= 4 is 23.7 Å². The molecule has 0 unspecified atom stereocenters. The van der Waals surface area contributed by atoms with Crippen LogP contribution in [0.2, 0.25) is 0 Å². The first kappa shape index (κ1) is 23.1. The van der Waals surface area contributed by atoms with Crippen molar-refractivity contribution in [3.8, 4) is 0 Å². The summed E-state index contributed by atoms with van der Waals surface area (Å²) in [5.74, 6) is -1.55. The normalized spacial score (nSPS) is 12.3. The van der Waals surface area contributed by atoms with Crippen LogP contribution in [0.15, 0.2) is 40.9 Å². The molecule has 0 saturated carbocycles. The predicted molar refractivity (Wildman–Crippen MR) is 112 cm³/mol. The Hall–Kier alpha value is -3.16. The molecule has 2 aromatic rings. The Bertz CT molecular complexity index is 868. The first-order valence-corrected chi connectivity index (χ1v) is 9.83. The number of carbonyl (C=O) groups is 3. The molecule has 1 atom stereocenters. The second-order valence-electron chi connectivity index (χ2n) is 8.43. The maximum absolute atomic E-state index is 12.4. The maximum Gasteiger partial charge on any atom is 0.329 e. The average molecular weight is 415 g/mol. The molecule has 2 rings (SSSR count). The topological polar surface area (TPSA) is 111 Å². The highest BCUT2D eigenvalue weighted by molar-refractivity contribution is 5.92. The van der Waals surface area contributed by atoms with Gasteiger partial charge >= 0.3 is 5.97 Å². The van der Waals surface area contributed by atoms with Crippen molar-refractivity contribution in [1.29, 1.82) is 0 Å². The van der Waals surface area contributed by atoms with Gasteiger partial charge in [-0.2, -0.15) is 0 Å². The Labute approximate surface area is 176 Å². The second-order valence-corrected chi connectivity index (χ2v) is 8.43. The fraction of sp³-hybridized carbons (Fsp3) is 0.455. The number of hydrogen-bond donors (Lipinski definition) is 2. The molecule has 0 fully saturated rings. The lowest BCUT2D eigenvalue weighted by atomic mass is 9.92. The van der Waals surface area contributed by atoms with Gasteiger partial charge in [0.05, 0.1) is 12.1 Å². The summed E-state index contributed by atoms with van der Waals surface area (Å²) in [5, 5.41) is 9.09. The molecule has 0 saturated heterocycles. The van der Waals surface area contributed by atoms with Crippen LogP contribution in [0.4, 0.5) is 5.88 Å². The lowest BCUT2D eigenvalue weighted by Gasteiger charge is -2.20. The van der Waals surface area contributed by atoms with Gasteiger partial charge in [0.2, 0.25) is 11.8 Å². The quantitative estimate of drug-likeness (QED) is 0.642. The van der Waals surface area contributed by atoms with E-state index in [1.165, 1.54) is 0 Å². The van der Waals surface area contributed by atoms with Gasteiger partial charge in [0.15, 0.2) is 6.61 Å². The molecule has 1 aromatic heterocycles. The summed E-state index contributed by atoms with van der Waals surface area (Å²) in [5.41, 5.74) is 1.31. The fourth-order valence-corrected chi connectivity index (χ4v) is 2.59. The third-order valence-electron chi connectivity index (χ3n) is 4.33. The lowest BCUT2D eigenvalue weighted by molar-refractivity contribution is -0.151. The zero-order chi connectivity index (χ0) is 22.3. The van der Waals surface area contributed by atoms with Gasteiger partial charge in [0.1, 0.15) is 6.04 Å². The van der Waals surface area contributed by atoms with Gasteiger partial charge < -0.3 is 14.6 Å². The van der Waals surface area contributed by atoms with Gasteiger partial charge in [0.25, 0.3) is 5.91 Å². The second kappa shape index (κ2) is 10.0. The van der Waals surface area contributed by atoms with E-state index in [1.807, 2.05) is 51.1 Å². The van der Waals surface area contributed by atoms with Gasteiger partial charge in [0, 0.05) is 11.5 Å². The molecule has 1 aromatic carbocycles. The molecule has 8 nitrogen and oxygen atoms in total. The lowest BCUT2D eigenvalue weighted by Crippen LogP contribution is -2.46. The van der Waals surface area contributed by atoms with Crippen LogP contribution < -0.4 is 10.6 Å². The third kappa shape index (κ3) is 7.02. The van der Waals surface area contributed by atoms with E-state index in [1.54, 1.807) is 19.9 Å². The molecule has 162 valence electrons. The van der Waals surface area contributed by atoms with Crippen molar-refractivity contribution < 1.29 is 23.6 Å². The standard InChI is InChI=1S/C22H29N3O5/c1-14(2)20(24-17(26)11-15-9-7-6-8-10-15)21(28)29-13-18(27)23-19-12-16(25-30-19)22(3,4)5/h6-10,12,14,20H,11,13H2,1-5H3,(H,23,27)(H,24,26)/t20-/m0/s1. The van der Waals surface area contributed by atoms with Crippen molar-refractivity contribution in [3.63, 3.8) is 0 Å². The zero-order valence-electron chi connectivity index (χ0n) is 18.0. The molecule has 8 heteroatoms. The Morgan fingerprint density at radius 2 is 1.77 bits per heavy atom. The van der Waals surface area contributed by atoms with Gasteiger partial charge in [-0.25, -0.2) is 4.79 Å². The first-order chi connectivity index (χ1) is 14.1. The highest BCUT2D eigenvalue weighted by Crippen LogP contribution is 2.23. The van der Waals surface area contributed by atoms with E-state index in [4.69, 9.17) is 9.26 Å². The number of nitrogens with zero attached hydrogens (tertiary/aromatic N) is 1. The fourth-order valence-electron chi connectivity index (χ4n) is 2.59. The number of aromatic nitrogens is 1. The number of carbonyl (C=O) groups excluding carboxylic acids is 3. The van der Waals surface area contributed by atoms with Crippen molar-refractivity contribution in [3.05, 3.63) is 47.7 Å². The smallest absolute Gasteiger partial charge is 0.329 e. The highest BCUT2D eigenvalue weighted by atomic mass is 16.5. The largest absolute Gasteiger partial charge is 0.454 e. The summed E-state index contributed by atoms with van der Waals surface area (Å²) in [6.07, 6.45) is 0.152. The summed E-state index contributed by atoms with van der Waals surface area (Å²) < 4.78 is 10.2. The van der Waals surface area contributed by atoms with Crippen LogP contribution >= 0.6 is 0 Å². The summed E-state index contributed by atoms with van der Waals surface area (Å²) in [6.45, 7) is 8.99. The van der Waals surface area contributed by atoms with Crippen LogP contribution in [-0.2, 0) is 31.0 Å². The minimum absolute atomic E-state index is 0.152. The van der Waals surface area contributed by atoms with Crippen molar-refractivity contribution in [1.82, 2.24) is 10.5 Å². The van der Waals surface area contributed by atoms with Crippen molar-refractivity contribution in [2.45, 2.75) is 52.5 Å². The Balaban J connectivity index is 1.86. The summed E-state index contributed by atoms with van der Waals surface area (Å²) in [7, 11) is 0. The Kier molecular flexibility index (Phi) is 7.74. The summed E-state index contributed by atoms with van der Waals surface area (Å²) in [4.78, 5) is 36.8. The number of ether oxygens (including phenoxy) is 1. The van der Waals surface area contributed by atoms with E-state index < -0.39 is 24.5 Å². The van der Waals surface area contributed by atoms with Gasteiger partial charge in [-0.05, 0) is 11.5 Å². The first-order valence-electron chi connectivity index (χ1n) is 9.83. The third-order valence-corrected chi connectivity index (χ3v) is 4.33. The SMILES string of the molecule is CC(C)[C@H](NC(=O)Cc1ccccc1)C(=O)OCC(=O)Nc1cc(C(C)(C)C)no1. The van der Waals surface area contributed by atoms with Crippen LogP contribution in [0.25, 0.3) is 0 Å². The maximum atomic E-state index is 12.4. The number of anilines is 1. The van der Waals surface area contributed by atoms with Crippen LogP contribution in [0, 0.1) is 5.92 Å². The van der Waals surface area contributed by atoms with E-state index in [9.17, 15) is 14.4 Å². The van der Waals surface area contributed by atoms with Gasteiger partial charge in [-0.3, -0.25) is 14.9 Å². The molecule has 0 aliphatic carbocycles. The number of hydrogen-bond acceptors (Lipinski definition) is 6. The van der Waals surface area contributed by atoms with Crippen LogP contribution in [0.5, 0.6) is 0 Å². The molecule has 0 bridgehead atoms. The van der Waals surface area contributed by atoms with E-state index in [0.29, 0.717) is 5.69 Å². The molecular formula is C22H29N3O5. The molecule has 30 heavy (non-hydrogen) atoms. The summed E-state index contributed by atoms with van der Waals surface area (Å²) >= 11 is 0. The predicted octanol–water partition coefficient (Wildman–Crippen LogP) is 2.84. The number of amides is 2. The van der Waals surface area contributed by atoms with E-state index in [2.05, 4.69) is 15.8 Å². The molecule has 1 heterocycles.